The second-order valence-electron chi connectivity index (χ2n) is 3.48. The van der Waals surface area contributed by atoms with Crippen molar-refractivity contribution in [2.45, 2.75) is 13.3 Å². The molecule has 0 aliphatic rings. The molecule has 0 spiro atoms. The van der Waals surface area contributed by atoms with E-state index in [0.29, 0.717) is 6.54 Å². The molecule has 0 saturated heterocycles. The van der Waals surface area contributed by atoms with Crippen LogP contribution in [0, 0.1) is 0 Å². The van der Waals surface area contributed by atoms with Crippen LogP contribution in [0.2, 0.25) is 0 Å². The predicted molar refractivity (Wildman–Crippen MR) is 64.6 cm³/mol. The SMILES string of the molecule is CCCN(CCN)c1cccc(OC)c1. The van der Waals surface area contributed by atoms with E-state index < -0.39 is 0 Å². The maximum atomic E-state index is 5.59. The van der Waals surface area contributed by atoms with Crippen molar-refractivity contribution in [3.8, 4) is 5.75 Å². The topological polar surface area (TPSA) is 38.5 Å². The second-order valence-corrected chi connectivity index (χ2v) is 3.48. The number of methoxy groups -OCH3 is 1. The molecule has 84 valence electrons. The van der Waals surface area contributed by atoms with Crippen LogP contribution in [0.1, 0.15) is 13.3 Å². The van der Waals surface area contributed by atoms with E-state index in [4.69, 9.17) is 10.5 Å². The van der Waals surface area contributed by atoms with Gasteiger partial charge in [-0.05, 0) is 18.6 Å². The van der Waals surface area contributed by atoms with Crippen LogP contribution in [-0.2, 0) is 0 Å². The van der Waals surface area contributed by atoms with E-state index in [1.807, 2.05) is 18.2 Å². The molecular weight excluding hydrogens is 188 g/mol. The van der Waals surface area contributed by atoms with Crippen molar-refractivity contribution < 1.29 is 4.74 Å². The fourth-order valence-corrected chi connectivity index (χ4v) is 1.60. The minimum Gasteiger partial charge on any atom is -0.497 e. The predicted octanol–water partition coefficient (Wildman–Crippen LogP) is 1.87. The average molecular weight is 208 g/mol. The van der Waals surface area contributed by atoms with Gasteiger partial charge in [-0.15, -0.1) is 0 Å². The van der Waals surface area contributed by atoms with Crippen molar-refractivity contribution in [2.75, 3.05) is 31.6 Å². The van der Waals surface area contributed by atoms with Gasteiger partial charge in [0.2, 0.25) is 0 Å². The Labute approximate surface area is 91.8 Å². The number of hydrogen-bond donors (Lipinski definition) is 1. The van der Waals surface area contributed by atoms with Crippen LogP contribution in [0.4, 0.5) is 5.69 Å². The highest BCUT2D eigenvalue weighted by atomic mass is 16.5. The van der Waals surface area contributed by atoms with Crippen LogP contribution in [0.15, 0.2) is 24.3 Å². The van der Waals surface area contributed by atoms with E-state index in [9.17, 15) is 0 Å². The van der Waals surface area contributed by atoms with E-state index in [2.05, 4.69) is 17.9 Å². The van der Waals surface area contributed by atoms with E-state index in [1.165, 1.54) is 5.69 Å². The third kappa shape index (κ3) is 3.44. The first-order valence-electron chi connectivity index (χ1n) is 5.41. The fraction of sp³-hybridized carbons (Fsp3) is 0.500. The van der Waals surface area contributed by atoms with Crippen molar-refractivity contribution >= 4 is 5.69 Å². The average Bonchev–Trinajstić information content (AvgIpc) is 2.29. The highest BCUT2D eigenvalue weighted by molar-refractivity contribution is 5.50. The molecule has 1 aromatic rings. The molecule has 3 heteroatoms. The molecule has 0 heterocycles. The zero-order valence-corrected chi connectivity index (χ0v) is 9.57. The first-order chi connectivity index (χ1) is 7.31. The Kier molecular flexibility index (Phi) is 4.98. The Morgan fingerprint density at radius 2 is 2.13 bits per heavy atom. The molecule has 0 radical (unpaired) electrons. The lowest BCUT2D eigenvalue weighted by Gasteiger charge is -2.23. The standard InChI is InChI=1S/C12H20N2O/c1-3-8-14(9-7-13)11-5-4-6-12(10-11)15-2/h4-6,10H,3,7-9,13H2,1-2H3. The third-order valence-corrected chi connectivity index (χ3v) is 2.31. The smallest absolute Gasteiger partial charge is 0.120 e. The molecule has 1 aromatic carbocycles. The largest absolute Gasteiger partial charge is 0.497 e. The molecular formula is C12H20N2O. The maximum absolute atomic E-state index is 5.59. The molecule has 0 aliphatic carbocycles. The minimum atomic E-state index is 0.678. The van der Waals surface area contributed by atoms with E-state index in [1.54, 1.807) is 7.11 Å². The Hall–Kier alpha value is -1.22. The van der Waals surface area contributed by atoms with Gasteiger partial charge < -0.3 is 15.4 Å². The molecule has 0 bridgehead atoms. The van der Waals surface area contributed by atoms with Crippen molar-refractivity contribution in [1.82, 2.24) is 0 Å². The highest BCUT2D eigenvalue weighted by Crippen LogP contribution is 2.20. The number of ether oxygens (including phenoxy) is 1. The van der Waals surface area contributed by atoms with Gasteiger partial charge >= 0.3 is 0 Å². The van der Waals surface area contributed by atoms with Gasteiger partial charge in [0.1, 0.15) is 5.75 Å². The van der Waals surface area contributed by atoms with Gasteiger partial charge in [-0.2, -0.15) is 0 Å². The van der Waals surface area contributed by atoms with Crippen LogP contribution in [-0.4, -0.2) is 26.7 Å². The number of rotatable bonds is 6. The van der Waals surface area contributed by atoms with Crippen molar-refractivity contribution in [3.05, 3.63) is 24.3 Å². The summed E-state index contributed by atoms with van der Waals surface area (Å²) >= 11 is 0. The van der Waals surface area contributed by atoms with E-state index >= 15 is 0 Å². The number of hydrogen-bond acceptors (Lipinski definition) is 3. The normalized spacial score (nSPS) is 10.1. The van der Waals surface area contributed by atoms with Gasteiger partial charge in [0.05, 0.1) is 7.11 Å². The summed E-state index contributed by atoms with van der Waals surface area (Å²) in [6.07, 6.45) is 1.12. The summed E-state index contributed by atoms with van der Waals surface area (Å²) in [5.41, 5.74) is 6.78. The number of benzene rings is 1. The van der Waals surface area contributed by atoms with Crippen LogP contribution in [0.5, 0.6) is 5.75 Å². The molecule has 0 fully saturated rings. The summed E-state index contributed by atoms with van der Waals surface area (Å²) in [6, 6.07) is 8.10. The third-order valence-electron chi connectivity index (χ3n) is 2.31. The first-order valence-corrected chi connectivity index (χ1v) is 5.41. The molecule has 3 nitrogen and oxygen atoms in total. The Bertz CT molecular complexity index is 283. The molecule has 2 N–H and O–H groups in total. The van der Waals surface area contributed by atoms with Gasteiger partial charge in [0, 0.05) is 31.4 Å². The Morgan fingerprint density at radius 3 is 2.73 bits per heavy atom. The zero-order valence-electron chi connectivity index (χ0n) is 9.57. The van der Waals surface area contributed by atoms with Crippen LogP contribution >= 0.6 is 0 Å². The van der Waals surface area contributed by atoms with Gasteiger partial charge in [0.15, 0.2) is 0 Å². The van der Waals surface area contributed by atoms with Gasteiger partial charge in [-0.3, -0.25) is 0 Å². The van der Waals surface area contributed by atoms with Crippen LogP contribution < -0.4 is 15.4 Å². The molecule has 0 unspecified atom stereocenters. The number of nitrogens with zero attached hydrogens (tertiary/aromatic N) is 1. The Morgan fingerprint density at radius 1 is 1.33 bits per heavy atom. The summed E-state index contributed by atoms with van der Waals surface area (Å²) in [6.45, 7) is 4.77. The lowest BCUT2D eigenvalue weighted by molar-refractivity contribution is 0.415. The second kappa shape index (κ2) is 6.30. The molecule has 15 heavy (non-hydrogen) atoms. The molecule has 0 atom stereocenters. The molecule has 1 rings (SSSR count). The van der Waals surface area contributed by atoms with E-state index in [-0.39, 0.29) is 0 Å². The monoisotopic (exact) mass is 208 g/mol. The van der Waals surface area contributed by atoms with Gasteiger partial charge in [-0.25, -0.2) is 0 Å². The molecule has 0 amide bonds. The van der Waals surface area contributed by atoms with Crippen LogP contribution in [0.25, 0.3) is 0 Å². The number of nitrogens with two attached hydrogens (primary N) is 1. The number of anilines is 1. The summed E-state index contributed by atoms with van der Waals surface area (Å²) in [5.74, 6) is 0.894. The zero-order chi connectivity index (χ0) is 11.1. The van der Waals surface area contributed by atoms with E-state index in [0.717, 1.165) is 25.3 Å². The summed E-state index contributed by atoms with van der Waals surface area (Å²) in [5, 5.41) is 0. The molecule has 0 saturated carbocycles. The summed E-state index contributed by atoms with van der Waals surface area (Å²) in [4.78, 5) is 2.28. The van der Waals surface area contributed by atoms with Gasteiger partial charge in [-0.1, -0.05) is 13.0 Å². The van der Waals surface area contributed by atoms with Crippen molar-refractivity contribution in [3.63, 3.8) is 0 Å². The first kappa shape index (κ1) is 11.9. The fourth-order valence-electron chi connectivity index (χ4n) is 1.60. The van der Waals surface area contributed by atoms with Crippen molar-refractivity contribution in [2.24, 2.45) is 5.73 Å². The molecule has 0 aromatic heterocycles. The van der Waals surface area contributed by atoms with Gasteiger partial charge in [0.25, 0.3) is 0 Å². The minimum absolute atomic E-state index is 0.678. The highest BCUT2D eigenvalue weighted by Gasteiger charge is 2.04. The lowest BCUT2D eigenvalue weighted by atomic mass is 10.2. The molecule has 0 aliphatic heterocycles. The quantitative estimate of drug-likeness (QED) is 0.775. The van der Waals surface area contributed by atoms with Crippen molar-refractivity contribution in [1.29, 1.82) is 0 Å². The Balaban J connectivity index is 2.79. The lowest BCUT2D eigenvalue weighted by Crippen LogP contribution is -2.30. The van der Waals surface area contributed by atoms with Crippen LogP contribution in [0.3, 0.4) is 0 Å². The maximum Gasteiger partial charge on any atom is 0.120 e. The summed E-state index contributed by atoms with van der Waals surface area (Å²) in [7, 11) is 1.69. The summed E-state index contributed by atoms with van der Waals surface area (Å²) < 4.78 is 5.20.